The molecular formula is C18H13BrN4O2. The lowest BCUT2D eigenvalue weighted by Gasteiger charge is -2.03. The van der Waals surface area contributed by atoms with Crippen molar-refractivity contribution in [1.82, 2.24) is 14.0 Å². The number of hydrogen-bond acceptors (Lipinski definition) is 3. The van der Waals surface area contributed by atoms with Crippen molar-refractivity contribution in [3.8, 4) is 22.5 Å². The lowest BCUT2D eigenvalue weighted by molar-refractivity contribution is -0.384. The number of aromatic nitrogens is 3. The number of halogens is 1. The van der Waals surface area contributed by atoms with Gasteiger partial charge >= 0.3 is 0 Å². The second kappa shape index (κ2) is 5.86. The molecule has 2 heterocycles. The first-order chi connectivity index (χ1) is 12.0. The predicted octanol–water partition coefficient (Wildman–Crippen LogP) is 4.68. The van der Waals surface area contributed by atoms with Gasteiger partial charge in [-0.1, -0.05) is 40.2 Å². The van der Waals surface area contributed by atoms with Gasteiger partial charge in [-0.05, 0) is 12.1 Å². The van der Waals surface area contributed by atoms with Crippen LogP contribution >= 0.6 is 15.9 Å². The zero-order valence-electron chi connectivity index (χ0n) is 13.3. The molecule has 0 saturated carbocycles. The lowest BCUT2D eigenvalue weighted by Crippen LogP contribution is -1.93. The van der Waals surface area contributed by atoms with Crippen LogP contribution in [-0.2, 0) is 7.05 Å². The molecule has 0 aliphatic carbocycles. The van der Waals surface area contributed by atoms with Crippen LogP contribution in [0.25, 0.3) is 28.3 Å². The molecule has 25 heavy (non-hydrogen) atoms. The number of nitrogens with zero attached hydrogens (tertiary/aromatic N) is 4. The molecule has 0 saturated heterocycles. The molecule has 0 unspecified atom stereocenters. The van der Waals surface area contributed by atoms with Crippen molar-refractivity contribution >= 4 is 27.4 Å². The van der Waals surface area contributed by atoms with Crippen molar-refractivity contribution in [2.45, 2.75) is 0 Å². The highest BCUT2D eigenvalue weighted by atomic mass is 79.9. The average molecular weight is 397 g/mol. The number of nitro benzene ring substituents is 1. The van der Waals surface area contributed by atoms with E-state index in [1.165, 1.54) is 12.1 Å². The Bertz CT molecular complexity index is 1110. The van der Waals surface area contributed by atoms with Gasteiger partial charge in [0.2, 0.25) is 5.78 Å². The third-order valence-electron chi connectivity index (χ3n) is 4.11. The van der Waals surface area contributed by atoms with Crippen LogP contribution in [0.5, 0.6) is 0 Å². The van der Waals surface area contributed by atoms with Gasteiger partial charge < -0.3 is 4.57 Å². The SMILES string of the molecule is Cn1c(-c2cccc(Br)c2)cn2cc(-c3cccc([N+](=O)[O-])c3)nc12. The van der Waals surface area contributed by atoms with Crippen LogP contribution in [0.4, 0.5) is 5.69 Å². The van der Waals surface area contributed by atoms with Crippen LogP contribution in [0.3, 0.4) is 0 Å². The van der Waals surface area contributed by atoms with E-state index in [0.29, 0.717) is 5.69 Å². The zero-order valence-corrected chi connectivity index (χ0v) is 14.8. The molecule has 0 spiro atoms. The fraction of sp³-hybridized carbons (Fsp3) is 0.0556. The van der Waals surface area contributed by atoms with E-state index in [1.54, 1.807) is 6.07 Å². The number of non-ortho nitro benzene ring substituents is 1. The van der Waals surface area contributed by atoms with Gasteiger partial charge in [-0.2, -0.15) is 0 Å². The summed E-state index contributed by atoms with van der Waals surface area (Å²) >= 11 is 3.49. The third-order valence-corrected chi connectivity index (χ3v) is 4.60. The minimum atomic E-state index is -0.398. The maximum absolute atomic E-state index is 11.0. The molecule has 0 N–H and O–H groups in total. The highest BCUT2D eigenvalue weighted by molar-refractivity contribution is 9.10. The number of aryl methyl sites for hydroxylation is 1. The Balaban J connectivity index is 1.80. The number of imidazole rings is 2. The van der Waals surface area contributed by atoms with E-state index in [-0.39, 0.29) is 5.69 Å². The van der Waals surface area contributed by atoms with Crippen LogP contribution in [0.15, 0.2) is 65.4 Å². The smallest absolute Gasteiger partial charge is 0.270 e. The molecule has 4 rings (SSSR count). The van der Waals surface area contributed by atoms with Gasteiger partial charge in [-0.3, -0.25) is 14.5 Å². The Labute approximate surface area is 151 Å². The van der Waals surface area contributed by atoms with E-state index in [2.05, 4.69) is 27.0 Å². The second-order valence-corrected chi connectivity index (χ2v) is 6.64. The Hall–Kier alpha value is -2.93. The number of benzene rings is 2. The summed E-state index contributed by atoms with van der Waals surface area (Å²) in [6.07, 6.45) is 3.89. The topological polar surface area (TPSA) is 65.4 Å². The molecular weight excluding hydrogens is 384 g/mol. The maximum Gasteiger partial charge on any atom is 0.270 e. The minimum Gasteiger partial charge on any atom is -0.313 e. The van der Waals surface area contributed by atoms with E-state index in [1.807, 2.05) is 52.7 Å². The van der Waals surface area contributed by atoms with E-state index in [9.17, 15) is 10.1 Å². The molecule has 0 aliphatic heterocycles. The van der Waals surface area contributed by atoms with E-state index >= 15 is 0 Å². The van der Waals surface area contributed by atoms with Crippen molar-refractivity contribution < 1.29 is 4.92 Å². The molecule has 6 nitrogen and oxygen atoms in total. The zero-order chi connectivity index (χ0) is 17.6. The number of hydrogen-bond donors (Lipinski definition) is 0. The Morgan fingerprint density at radius 1 is 1.08 bits per heavy atom. The third kappa shape index (κ3) is 2.72. The summed E-state index contributed by atoms with van der Waals surface area (Å²) in [5.74, 6) is 0.775. The summed E-state index contributed by atoms with van der Waals surface area (Å²) in [5.41, 5.74) is 3.61. The Morgan fingerprint density at radius 2 is 1.84 bits per heavy atom. The van der Waals surface area contributed by atoms with Gasteiger partial charge in [0.25, 0.3) is 5.69 Å². The second-order valence-electron chi connectivity index (χ2n) is 5.72. The van der Waals surface area contributed by atoms with Crippen molar-refractivity contribution in [2.75, 3.05) is 0 Å². The first-order valence-corrected chi connectivity index (χ1v) is 8.37. The Morgan fingerprint density at radius 3 is 2.56 bits per heavy atom. The molecule has 0 fully saturated rings. The average Bonchev–Trinajstić information content (AvgIpc) is 3.15. The number of rotatable bonds is 3. The summed E-state index contributed by atoms with van der Waals surface area (Å²) < 4.78 is 4.95. The summed E-state index contributed by atoms with van der Waals surface area (Å²) in [6.45, 7) is 0. The molecule has 0 bridgehead atoms. The van der Waals surface area contributed by atoms with Crippen LogP contribution in [0, 0.1) is 10.1 Å². The Kier molecular flexibility index (Phi) is 3.65. The summed E-state index contributed by atoms with van der Waals surface area (Å²) in [6, 6.07) is 14.6. The molecule has 0 atom stereocenters. The molecule has 0 amide bonds. The quantitative estimate of drug-likeness (QED) is 0.373. The molecule has 0 aliphatic rings. The summed E-state index contributed by atoms with van der Waals surface area (Å²) in [4.78, 5) is 15.2. The van der Waals surface area contributed by atoms with Crippen molar-refractivity contribution in [3.63, 3.8) is 0 Å². The molecule has 0 radical (unpaired) electrons. The van der Waals surface area contributed by atoms with E-state index in [0.717, 1.165) is 27.1 Å². The highest BCUT2D eigenvalue weighted by Gasteiger charge is 2.14. The fourth-order valence-electron chi connectivity index (χ4n) is 2.89. The summed E-state index contributed by atoms with van der Waals surface area (Å²) in [5, 5.41) is 11.0. The van der Waals surface area contributed by atoms with E-state index in [4.69, 9.17) is 0 Å². The van der Waals surface area contributed by atoms with Gasteiger partial charge in [-0.25, -0.2) is 4.98 Å². The van der Waals surface area contributed by atoms with Gasteiger partial charge in [0.05, 0.1) is 16.3 Å². The summed E-state index contributed by atoms with van der Waals surface area (Å²) in [7, 11) is 1.95. The normalized spacial score (nSPS) is 11.1. The van der Waals surface area contributed by atoms with Gasteiger partial charge in [0.15, 0.2) is 0 Å². The van der Waals surface area contributed by atoms with Crippen molar-refractivity contribution in [3.05, 3.63) is 75.5 Å². The maximum atomic E-state index is 11.0. The minimum absolute atomic E-state index is 0.0596. The van der Waals surface area contributed by atoms with E-state index < -0.39 is 4.92 Å². The fourth-order valence-corrected chi connectivity index (χ4v) is 3.29. The molecule has 4 aromatic rings. The molecule has 2 aromatic heterocycles. The largest absolute Gasteiger partial charge is 0.313 e. The molecule has 2 aromatic carbocycles. The van der Waals surface area contributed by atoms with Gasteiger partial charge in [0, 0.05) is 47.2 Å². The van der Waals surface area contributed by atoms with Crippen LogP contribution in [-0.4, -0.2) is 18.9 Å². The standard InChI is InChI=1S/C18H13BrN4O2/c1-21-17(13-5-2-6-14(19)8-13)11-22-10-16(20-18(21)22)12-4-3-7-15(9-12)23(24)25/h2-11H,1H3. The van der Waals surface area contributed by atoms with Gasteiger partial charge in [-0.15, -0.1) is 0 Å². The number of nitro groups is 1. The van der Waals surface area contributed by atoms with Crippen LogP contribution in [0.2, 0.25) is 0 Å². The first kappa shape index (κ1) is 15.6. The van der Waals surface area contributed by atoms with Crippen molar-refractivity contribution in [1.29, 1.82) is 0 Å². The predicted molar refractivity (Wildman–Crippen MR) is 99.4 cm³/mol. The van der Waals surface area contributed by atoms with Gasteiger partial charge in [0.1, 0.15) is 0 Å². The van der Waals surface area contributed by atoms with Crippen molar-refractivity contribution in [2.24, 2.45) is 7.05 Å². The lowest BCUT2D eigenvalue weighted by atomic mass is 10.1. The molecule has 124 valence electrons. The first-order valence-electron chi connectivity index (χ1n) is 7.58. The van der Waals surface area contributed by atoms with Crippen LogP contribution in [0.1, 0.15) is 0 Å². The highest BCUT2D eigenvalue weighted by Crippen LogP contribution is 2.28. The number of fused-ring (bicyclic) bond motifs is 1. The monoisotopic (exact) mass is 396 g/mol. The molecule has 7 heteroatoms. The van der Waals surface area contributed by atoms with Crippen LogP contribution < -0.4 is 0 Å².